The van der Waals surface area contributed by atoms with Crippen molar-refractivity contribution >= 4 is 34.3 Å². The molecular formula is C19H21N5O3. The fourth-order valence-corrected chi connectivity index (χ4v) is 2.90. The molecular weight excluding hydrogens is 346 g/mol. The number of nitrogens with zero attached hydrogens (tertiary/aromatic N) is 3. The van der Waals surface area contributed by atoms with Crippen molar-refractivity contribution in [2.24, 2.45) is 0 Å². The second-order valence-electron chi connectivity index (χ2n) is 6.07. The van der Waals surface area contributed by atoms with E-state index in [9.17, 15) is 14.9 Å². The van der Waals surface area contributed by atoms with E-state index in [2.05, 4.69) is 22.5 Å². The summed E-state index contributed by atoms with van der Waals surface area (Å²) >= 11 is 0. The molecule has 1 aromatic heterocycles. The molecule has 0 saturated heterocycles. The zero-order chi connectivity index (χ0) is 19.2. The minimum absolute atomic E-state index is 0.0114. The molecule has 140 valence electrons. The lowest BCUT2D eigenvalue weighted by Gasteiger charge is -2.10. The number of anilines is 2. The third-order valence-corrected chi connectivity index (χ3v) is 4.12. The molecule has 1 amide bonds. The van der Waals surface area contributed by atoms with Crippen molar-refractivity contribution in [3.63, 3.8) is 0 Å². The van der Waals surface area contributed by atoms with Crippen LogP contribution in [0.2, 0.25) is 0 Å². The van der Waals surface area contributed by atoms with Gasteiger partial charge in [-0.2, -0.15) is 0 Å². The lowest BCUT2D eigenvalue weighted by Crippen LogP contribution is -2.19. The van der Waals surface area contributed by atoms with Gasteiger partial charge in [0.25, 0.3) is 5.69 Å². The molecule has 0 unspecified atom stereocenters. The first-order valence-electron chi connectivity index (χ1n) is 8.82. The second kappa shape index (κ2) is 8.31. The Morgan fingerprint density at radius 2 is 1.93 bits per heavy atom. The molecule has 3 rings (SSSR count). The van der Waals surface area contributed by atoms with Crippen LogP contribution in [0, 0.1) is 10.1 Å². The van der Waals surface area contributed by atoms with Crippen LogP contribution in [0.25, 0.3) is 11.0 Å². The Balaban J connectivity index is 1.64. The summed E-state index contributed by atoms with van der Waals surface area (Å²) in [7, 11) is 0. The summed E-state index contributed by atoms with van der Waals surface area (Å²) in [4.78, 5) is 27.4. The van der Waals surface area contributed by atoms with Crippen LogP contribution in [0.5, 0.6) is 0 Å². The summed E-state index contributed by atoms with van der Waals surface area (Å²) in [6, 6.07) is 14.1. The first-order valence-corrected chi connectivity index (χ1v) is 8.82. The number of imidazole rings is 1. The molecule has 3 aromatic rings. The predicted molar refractivity (Wildman–Crippen MR) is 105 cm³/mol. The van der Waals surface area contributed by atoms with Crippen LogP contribution in [-0.4, -0.2) is 26.9 Å². The van der Waals surface area contributed by atoms with Gasteiger partial charge in [-0.05, 0) is 24.6 Å². The van der Waals surface area contributed by atoms with Crippen molar-refractivity contribution in [1.82, 2.24) is 9.55 Å². The number of para-hydroxylation sites is 4. The van der Waals surface area contributed by atoms with Crippen molar-refractivity contribution in [3.05, 3.63) is 58.6 Å². The van der Waals surface area contributed by atoms with E-state index in [0.717, 1.165) is 24.0 Å². The van der Waals surface area contributed by atoms with E-state index in [1.807, 2.05) is 28.8 Å². The monoisotopic (exact) mass is 367 g/mol. The van der Waals surface area contributed by atoms with Gasteiger partial charge in [-0.25, -0.2) is 4.98 Å². The zero-order valence-corrected chi connectivity index (χ0v) is 15.0. The largest absolute Gasteiger partial charge is 0.379 e. The fourth-order valence-electron chi connectivity index (χ4n) is 2.90. The van der Waals surface area contributed by atoms with Gasteiger partial charge in [0.2, 0.25) is 11.9 Å². The van der Waals surface area contributed by atoms with E-state index in [1.54, 1.807) is 18.2 Å². The Morgan fingerprint density at radius 3 is 2.70 bits per heavy atom. The molecule has 2 N–H and O–H groups in total. The maximum Gasteiger partial charge on any atom is 0.292 e. The number of hydrogen-bond acceptors (Lipinski definition) is 5. The van der Waals surface area contributed by atoms with Crippen LogP contribution in [0.3, 0.4) is 0 Å². The SMILES string of the molecule is CCCn1c(NC(=O)CCNc2ccccc2[N+](=O)[O-])nc2ccccc21. The summed E-state index contributed by atoms with van der Waals surface area (Å²) in [5.41, 5.74) is 2.20. The Hall–Kier alpha value is -3.42. The van der Waals surface area contributed by atoms with Gasteiger partial charge in [0.05, 0.1) is 16.0 Å². The molecule has 2 aromatic carbocycles. The summed E-state index contributed by atoms with van der Waals surface area (Å²) < 4.78 is 1.99. The van der Waals surface area contributed by atoms with E-state index < -0.39 is 4.92 Å². The summed E-state index contributed by atoms with van der Waals surface area (Å²) in [5.74, 6) is 0.322. The maximum atomic E-state index is 12.3. The molecule has 0 spiro atoms. The van der Waals surface area contributed by atoms with Gasteiger partial charge in [-0.1, -0.05) is 31.2 Å². The molecule has 8 heteroatoms. The molecule has 0 atom stereocenters. The first kappa shape index (κ1) is 18.4. The van der Waals surface area contributed by atoms with E-state index in [-0.39, 0.29) is 24.6 Å². The third kappa shape index (κ3) is 4.22. The molecule has 0 fully saturated rings. The van der Waals surface area contributed by atoms with Gasteiger partial charge >= 0.3 is 0 Å². The van der Waals surface area contributed by atoms with Crippen LogP contribution in [0.4, 0.5) is 17.3 Å². The van der Waals surface area contributed by atoms with E-state index >= 15 is 0 Å². The normalized spacial score (nSPS) is 10.7. The number of rotatable bonds is 8. The second-order valence-corrected chi connectivity index (χ2v) is 6.07. The van der Waals surface area contributed by atoms with Crippen LogP contribution in [0.1, 0.15) is 19.8 Å². The van der Waals surface area contributed by atoms with Crippen molar-refractivity contribution in [3.8, 4) is 0 Å². The van der Waals surface area contributed by atoms with E-state index in [0.29, 0.717) is 11.6 Å². The van der Waals surface area contributed by atoms with Gasteiger partial charge in [0, 0.05) is 25.6 Å². The number of aromatic nitrogens is 2. The number of nitro groups is 1. The molecule has 27 heavy (non-hydrogen) atoms. The number of fused-ring (bicyclic) bond motifs is 1. The van der Waals surface area contributed by atoms with Gasteiger partial charge in [0.1, 0.15) is 5.69 Å². The van der Waals surface area contributed by atoms with Gasteiger partial charge in [-0.3, -0.25) is 20.2 Å². The average Bonchev–Trinajstić information content (AvgIpc) is 2.99. The van der Waals surface area contributed by atoms with Gasteiger partial charge < -0.3 is 9.88 Å². The predicted octanol–water partition coefficient (Wildman–Crippen LogP) is 3.80. The Kier molecular flexibility index (Phi) is 5.65. The summed E-state index contributed by atoms with van der Waals surface area (Å²) in [6.07, 6.45) is 1.09. The number of nitro benzene ring substituents is 1. The first-order chi connectivity index (χ1) is 13.1. The highest BCUT2D eigenvalue weighted by atomic mass is 16.6. The zero-order valence-electron chi connectivity index (χ0n) is 15.0. The highest BCUT2D eigenvalue weighted by Gasteiger charge is 2.14. The molecule has 0 bridgehead atoms. The highest BCUT2D eigenvalue weighted by molar-refractivity contribution is 5.91. The Bertz CT molecular complexity index is 967. The number of hydrogen-bond donors (Lipinski definition) is 2. The van der Waals surface area contributed by atoms with Crippen molar-refractivity contribution in [2.75, 3.05) is 17.2 Å². The van der Waals surface area contributed by atoms with Crippen LogP contribution in [0.15, 0.2) is 48.5 Å². The van der Waals surface area contributed by atoms with E-state index in [4.69, 9.17) is 0 Å². The smallest absolute Gasteiger partial charge is 0.292 e. The van der Waals surface area contributed by atoms with Gasteiger partial charge in [0.15, 0.2) is 0 Å². The maximum absolute atomic E-state index is 12.3. The van der Waals surface area contributed by atoms with Crippen LogP contribution in [-0.2, 0) is 11.3 Å². The molecule has 0 saturated carbocycles. The fraction of sp³-hybridized carbons (Fsp3) is 0.263. The lowest BCUT2D eigenvalue weighted by atomic mass is 10.2. The van der Waals surface area contributed by atoms with Crippen molar-refractivity contribution in [2.45, 2.75) is 26.3 Å². The molecule has 0 radical (unpaired) electrons. The molecule has 0 aliphatic heterocycles. The Labute approximate surface area is 156 Å². The van der Waals surface area contributed by atoms with E-state index in [1.165, 1.54) is 6.07 Å². The Morgan fingerprint density at radius 1 is 1.19 bits per heavy atom. The van der Waals surface area contributed by atoms with Crippen LogP contribution >= 0.6 is 0 Å². The summed E-state index contributed by atoms with van der Waals surface area (Å²) in [5, 5.41) is 16.8. The quantitative estimate of drug-likeness (QED) is 0.466. The third-order valence-electron chi connectivity index (χ3n) is 4.12. The van der Waals surface area contributed by atoms with Gasteiger partial charge in [-0.15, -0.1) is 0 Å². The lowest BCUT2D eigenvalue weighted by molar-refractivity contribution is -0.384. The number of carbonyl (C=O) groups excluding carboxylic acids is 1. The highest BCUT2D eigenvalue weighted by Crippen LogP contribution is 2.23. The standard InChI is InChI=1S/C19H21N5O3/c1-2-13-23-16-9-5-4-8-15(16)21-19(23)22-18(25)11-12-20-14-7-3-6-10-17(14)24(26)27/h3-10,20H,2,11-13H2,1H3,(H,21,22,25). The van der Waals surface area contributed by atoms with Crippen molar-refractivity contribution < 1.29 is 9.72 Å². The number of amides is 1. The van der Waals surface area contributed by atoms with Crippen LogP contribution < -0.4 is 10.6 Å². The number of nitrogens with one attached hydrogen (secondary N) is 2. The molecule has 1 heterocycles. The molecule has 0 aliphatic rings. The minimum Gasteiger partial charge on any atom is -0.379 e. The topological polar surface area (TPSA) is 102 Å². The molecule has 0 aliphatic carbocycles. The number of benzene rings is 2. The molecule has 8 nitrogen and oxygen atoms in total. The number of aryl methyl sites for hydroxylation is 1. The minimum atomic E-state index is -0.449. The number of carbonyl (C=O) groups is 1. The van der Waals surface area contributed by atoms with Crippen molar-refractivity contribution in [1.29, 1.82) is 0 Å². The average molecular weight is 367 g/mol. The summed E-state index contributed by atoms with van der Waals surface area (Å²) in [6.45, 7) is 3.10.